The average Bonchev–Trinajstić information content (AvgIpc) is 2.95. The van der Waals surface area contributed by atoms with Crippen LogP contribution in [0.2, 0.25) is 0 Å². The molecule has 1 amide bonds. The summed E-state index contributed by atoms with van der Waals surface area (Å²) in [5.41, 5.74) is 1.08. The molecule has 0 aliphatic carbocycles. The molecule has 3 aromatic rings. The van der Waals surface area contributed by atoms with Crippen molar-refractivity contribution in [1.82, 2.24) is 9.21 Å². The van der Waals surface area contributed by atoms with E-state index >= 15 is 0 Å². The van der Waals surface area contributed by atoms with E-state index in [2.05, 4.69) is 4.72 Å². The van der Waals surface area contributed by atoms with Gasteiger partial charge in [-0.1, -0.05) is 24.6 Å². The van der Waals surface area contributed by atoms with Gasteiger partial charge in [-0.05, 0) is 68.4 Å². The van der Waals surface area contributed by atoms with Crippen molar-refractivity contribution in [3.05, 3.63) is 83.7 Å². The maximum atomic E-state index is 13.7. The van der Waals surface area contributed by atoms with E-state index in [1.165, 1.54) is 54.4 Å². The predicted octanol–water partition coefficient (Wildman–Crippen LogP) is 3.48. The molecule has 0 aromatic heterocycles. The first-order valence-corrected chi connectivity index (χ1v) is 16.2. The summed E-state index contributed by atoms with van der Waals surface area (Å²) in [6.07, 6.45) is -0.736. The number of hydrogen-bond donors (Lipinski definition) is 2. The molecule has 0 radical (unpaired) electrons. The minimum Gasteiger partial charge on any atom is -0.488 e. The van der Waals surface area contributed by atoms with Crippen molar-refractivity contribution in [2.75, 3.05) is 31.5 Å². The maximum absolute atomic E-state index is 13.7. The van der Waals surface area contributed by atoms with Gasteiger partial charge in [0, 0.05) is 25.2 Å². The van der Waals surface area contributed by atoms with Crippen LogP contribution < -0.4 is 9.46 Å². The molecule has 0 fully saturated rings. The van der Waals surface area contributed by atoms with Gasteiger partial charge in [0.1, 0.15) is 17.7 Å². The third-order valence-corrected chi connectivity index (χ3v) is 10.4. The number of nitrogens with one attached hydrogen (secondary N) is 1. The lowest BCUT2D eigenvalue weighted by Crippen LogP contribution is -2.50. The van der Waals surface area contributed by atoms with Crippen LogP contribution in [-0.4, -0.2) is 75.9 Å². The van der Waals surface area contributed by atoms with Gasteiger partial charge in [-0.15, -0.1) is 0 Å². The van der Waals surface area contributed by atoms with E-state index in [-0.39, 0.29) is 52.4 Å². The van der Waals surface area contributed by atoms with E-state index in [1.807, 2.05) is 13.8 Å². The number of sulfonamides is 2. The van der Waals surface area contributed by atoms with Gasteiger partial charge in [-0.25, -0.2) is 21.2 Å². The van der Waals surface area contributed by atoms with Gasteiger partial charge in [-0.2, -0.15) is 4.31 Å². The number of anilines is 1. The Morgan fingerprint density at radius 1 is 1.05 bits per heavy atom. The highest BCUT2D eigenvalue weighted by Gasteiger charge is 2.35. The molecule has 13 heteroatoms. The normalized spacial score (nSPS) is 18.5. The fourth-order valence-electron chi connectivity index (χ4n) is 4.57. The number of nitrogens with zero attached hydrogens (tertiary/aromatic N) is 2. The quantitative estimate of drug-likeness (QED) is 0.375. The smallest absolute Gasteiger partial charge is 0.261 e. The van der Waals surface area contributed by atoms with Crippen LogP contribution in [0, 0.1) is 18.7 Å². The predicted molar refractivity (Wildman–Crippen MR) is 156 cm³/mol. The van der Waals surface area contributed by atoms with Crippen LogP contribution in [0.15, 0.2) is 76.5 Å². The second-order valence-corrected chi connectivity index (χ2v) is 14.2. The van der Waals surface area contributed by atoms with Gasteiger partial charge >= 0.3 is 0 Å². The number of benzene rings is 3. The summed E-state index contributed by atoms with van der Waals surface area (Å²) in [5, 5.41) is 9.89. The van der Waals surface area contributed by atoms with Crippen LogP contribution >= 0.6 is 0 Å². The first-order chi connectivity index (χ1) is 19.7. The number of carbonyl (C=O) groups is 1. The van der Waals surface area contributed by atoms with Crippen LogP contribution in [0.4, 0.5) is 10.1 Å². The zero-order valence-electron chi connectivity index (χ0n) is 23.7. The maximum Gasteiger partial charge on any atom is 0.261 e. The monoisotopic (exact) mass is 619 g/mol. The molecule has 0 saturated heterocycles. The van der Waals surface area contributed by atoms with Crippen molar-refractivity contribution in [3.63, 3.8) is 0 Å². The van der Waals surface area contributed by atoms with Crippen molar-refractivity contribution >= 4 is 31.6 Å². The lowest BCUT2D eigenvalue weighted by atomic mass is 9.99. The lowest BCUT2D eigenvalue weighted by molar-refractivity contribution is 0.0387. The van der Waals surface area contributed by atoms with E-state index < -0.39 is 43.9 Å². The molecular weight excluding hydrogens is 585 g/mol. The Bertz CT molecular complexity index is 1650. The molecule has 4 rings (SSSR count). The molecule has 226 valence electrons. The number of amides is 1. The van der Waals surface area contributed by atoms with E-state index in [0.717, 1.165) is 22.0 Å². The minimum absolute atomic E-state index is 0.0530. The molecule has 2 N–H and O–H groups in total. The molecule has 0 spiro atoms. The zero-order valence-corrected chi connectivity index (χ0v) is 25.3. The summed E-state index contributed by atoms with van der Waals surface area (Å²) in [6, 6.07) is 14.5. The summed E-state index contributed by atoms with van der Waals surface area (Å²) in [4.78, 5) is 15.1. The van der Waals surface area contributed by atoms with Crippen LogP contribution in [0.1, 0.15) is 29.8 Å². The molecule has 1 aliphatic rings. The second-order valence-electron chi connectivity index (χ2n) is 10.5. The standard InChI is InChI=1S/C29H34FN3O7S2/c1-19-5-10-24(11-6-19)41(36,37)31-23-9-14-27-26(15-23)29(35)33(21(3)18-34)16-20(2)28(40-27)17-32(4)42(38,39)25-12-7-22(30)8-13-25/h5-15,20-21,28,31,34H,16-18H2,1-4H3/t20-,21-,28+/m1/s1. The van der Waals surface area contributed by atoms with Crippen LogP contribution in [-0.2, 0) is 20.0 Å². The second kappa shape index (κ2) is 12.4. The summed E-state index contributed by atoms with van der Waals surface area (Å²) >= 11 is 0. The number of aryl methyl sites for hydroxylation is 1. The Hall–Kier alpha value is -3.52. The number of fused-ring (bicyclic) bond motifs is 1. The van der Waals surface area contributed by atoms with Gasteiger partial charge in [0.25, 0.3) is 15.9 Å². The van der Waals surface area contributed by atoms with Gasteiger partial charge in [0.2, 0.25) is 10.0 Å². The third-order valence-electron chi connectivity index (χ3n) is 7.21. The average molecular weight is 620 g/mol. The summed E-state index contributed by atoms with van der Waals surface area (Å²) in [5.74, 6) is -1.27. The first-order valence-electron chi connectivity index (χ1n) is 13.3. The lowest BCUT2D eigenvalue weighted by Gasteiger charge is -2.38. The van der Waals surface area contributed by atoms with Gasteiger partial charge < -0.3 is 14.7 Å². The highest BCUT2D eigenvalue weighted by Crippen LogP contribution is 2.32. The Morgan fingerprint density at radius 2 is 1.67 bits per heavy atom. The Balaban J connectivity index is 1.68. The van der Waals surface area contributed by atoms with E-state index in [9.17, 15) is 31.1 Å². The summed E-state index contributed by atoms with van der Waals surface area (Å²) < 4.78 is 75.6. The third kappa shape index (κ3) is 6.75. The highest BCUT2D eigenvalue weighted by atomic mass is 32.2. The van der Waals surface area contributed by atoms with Crippen molar-refractivity contribution in [1.29, 1.82) is 0 Å². The molecule has 3 aromatic carbocycles. The Labute approximate surface area is 245 Å². The zero-order chi connectivity index (χ0) is 30.8. The summed E-state index contributed by atoms with van der Waals surface area (Å²) in [7, 11) is -6.56. The Morgan fingerprint density at radius 3 is 2.29 bits per heavy atom. The number of rotatable bonds is 9. The van der Waals surface area contributed by atoms with E-state index in [4.69, 9.17) is 4.74 Å². The van der Waals surface area contributed by atoms with E-state index in [1.54, 1.807) is 19.1 Å². The van der Waals surface area contributed by atoms with Crippen LogP contribution in [0.5, 0.6) is 5.75 Å². The van der Waals surface area contributed by atoms with Crippen molar-refractivity contribution in [3.8, 4) is 5.75 Å². The van der Waals surface area contributed by atoms with Gasteiger partial charge in [0.15, 0.2) is 0 Å². The molecule has 0 unspecified atom stereocenters. The van der Waals surface area contributed by atoms with Crippen LogP contribution in [0.3, 0.4) is 0 Å². The largest absolute Gasteiger partial charge is 0.488 e. The van der Waals surface area contributed by atoms with Gasteiger partial charge in [0.05, 0.1) is 34.5 Å². The molecule has 10 nitrogen and oxygen atoms in total. The fourth-order valence-corrected chi connectivity index (χ4v) is 6.81. The first kappa shape index (κ1) is 31.4. The minimum atomic E-state index is -3.99. The molecule has 42 heavy (non-hydrogen) atoms. The number of aliphatic hydroxyl groups is 1. The highest BCUT2D eigenvalue weighted by molar-refractivity contribution is 7.92. The van der Waals surface area contributed by atoms with Gasteiger partial charge in [-0.3, -0.25) is 9.52 Å². The fraction of sp³-hybridized carbons (Fsp3) is 0.345. The molecule has 1 aliphatic heterocycles. The molecule has 1 heterocycles. The van der Waals surface area contributed by atoms with Crippen molar-refractivity contribution in [2.24, 2.45) is 5.92 Å². The number of ether oxygens (including phenoxy) is 1. The Kier molecular flexibility index (Phi) is 9.26. The molecule has 0 bridgehead atoms. The molecular formula is C29H34FN3O7S2. The number of carbonyl (C=O) groups excluding carboxylic acids is 1. The number of likely N-dealkylation sites (N-methyl/N-ethyl adjacent to an activating group) is 1. The van der Waals surface area contributed by atoms with Crippen molar-refractivity contribution < 1.29 is 35.9 Å². The topological polar surface area (TPSA) is 133 Å². The number of halogens is 1. The summed E-state index contributed by atoms with van der Waals surface area (Å²) in [6.45, 7) is 5.04. The van der Waals surface area contributed by atoms with Crippen molar-refractivity contribution in [2.45, 2.75) is 42.7 Å². The number of hydrogen-bond acceptors (Lipinski definition) is 7. The molecule has 3 atom stereocenters. The van der Waals surface area contributed by atoms with Crippen LogP contribution in [0.25, 0.3) is 0 Å². The SMILES string of the molecule is Cc1ccc(S(=O)(=O)Nc2ccc3c(c2)C(=O)N([C@H](C)CO)C[C@@H](C)[C@H](CN(C)S(=O)(=O)c2ccc(F)cc2)O3)cc1. The van der Waals surface area contributed by atoms with E-state index in [0.29, 0.717) is 0 Å². The molecule has 0 saturated carbocycles. The number of aliphatic hydroxyl groups excluding tert-OH is 1.